The highest BCUT2D eigenvalue weighted by atomic mass is 31.2. The summed E-state index contributed by atoms with van der Waals surface area (Å²) in [6.07, 6.45) is 4.74. The molecule has 0 spiro atoms. The largest absolute Gasteiger partial charge is 0.473 e. The second kappa shape index (κ2) is 7.85. The number of nitrogens with two attached hydrogens (primary N) is 1. The molecule has 1 aliphatic heterocycles. The van der Waals surface area contributed by atoms with Crippen LogP contribution in [0.5, 0.6) is 0 Å². The van der Waals surface area contributed by atoms with Crippen LogP contribution >= 0.6 is 7.75 Å². The van der Waals surface area contributed by atoms with Crippen LogP contribution < -0.4 is 5.90 Å². The smallest absolute Gasteiger partial charge is 0.344 e. The van der Waals surface area contributed by atoms with Crippen LogP contribution in [0.4, 0.5) is 0 Å². The van der Waals surface area contributed by atoms with Crippen molar-refractivity contribution in [2.24, 2.45) is 10.7 Å². The molecule has 7 nitrogen and oxygen atoms in total. The van der Waals surface area contributed by atoms with Crippen LogP contribution in [0.25, 0.3) is 0 Å². The minimum absolute atomic E-state index is 0.632. The van der Waals surface area contributed by atoms with E-state index in [1.807, 2.05) is 11.9 Å². The molecule has 0 aromatic carbocycles. The lowest BCUT2D eigenvalue weighted by Gasteiger charge is -2.21. The molecule has 0 radical (unpaired) electrons. The van der Waals surface area contributed by atoms with Gasteiger partial charge in [-0.2, -0.15) is 0 Å². The molecule has 2 N–H and O–H groups in total. The van der Waals surface area contributed by atoms with Crippen molar-refractivity contribution in [3.63, 3.8) is 0 Å². The number of likely N-dealkylation sites (N-methyl/N-ethyl adjacent to an activating group) is 1. The fourth-order valence-electron chi connectivity index (χ4n) is 2.01. The number of hydrogen-bond donors (Lipinski definition) is 1. The Morgan fingerprint density at radius 2 is 2.11 bits per heavy atom. The normalized spacial score (nSPS) is 21.2. The molecule has 1 saturated heterocycles. The van der Waals surface area contributed by atoms with Gasteiger partial charge < -0.3 is 9.80 Å². The first-order valence-corrected chi connectivity index (χ1v) is 8.16. The molecule has 1 unspecified atom stereocenters. The lowest BCUT2D eigenvalue weighted by molar-refractivity contribution is 0.239. The molecule has 8 heteroatoms. The van der Waals surface area contributed by atoms with E-state index in [-0.39, 0.29) is 0 Å². The van der Waals surface area contributed by atoms with E-state index in [1.54, 1.807) is 0 Å². The second-order valence-electron chi connectivity index (χ2n) is 4.63. The van der Waals surface area contributed by atoms with Gasteiger partial charge in [0.1, 0.15) is 0 Å². The van der Waals surface area contributed by atoms with Crippen LogP contribution in [0.2, 0.25) is 0 Å². The molecule has 0 amide bonds. The van der Waals surface area contributed by atoms with Gasteiger partial charge in [-0.3, -0.25) is 4.52 Å². The van der Waals surface area contributed by atoms with Crippen molar-refractivity contribution in [1.82, 2.24) is 9.80 Å². The molecule has 112 valence electrons. The van der Waals surface area contributed by atoms with E-state index in [0.717, 1.165) is 26.1 Å². The van der Waals surface area contributed by atoms with Crippen LogP contribution in [0.15, 0.2) is 4.76 Å². The van der Waals surface area contributed by atoms with E-state index in [4.69, 9.17) is 10.4 Å². The Bertz CT molecular complexity index is 343. The Hall–Kier alpha value is -0.620. The van der Waals surface area contributed by atoms with Crippen LogP contribution in [0.3, 0.4) is 0 Å². The van der Waals surface area contributed by atoms with E-state index in [0.29, 0.717) is 5.96 Å². The second-order valence-corrected chi connectivity index (χ2v) is 6.34. The van der Waals surface area contributed by atoms with Crippen molar-refractivity contribution in [2.45, 2.75) is 32.6 Å². The minimum Gasteiger partial charge on any atom is -0.344 e. The van der Waals surface area contributed by atoms with Gasteiger partial charge in [0.05, 0.1) is 0 Å². The number of hydrogen-bond acceptors (Lipinski definition) is 4. The maximum Gasteiger partial charge on any atom is 0.473 e. The zero-order valence-corrected chi connectivity index (χ0v) is 12.9. The number of rotatable bonds is 8. The Kier molecular flexibility index (Phi) is 6.79. The van der Waals surface area contributed by atoms with Gasteiger partial charge in [-0.25, -0.2) is 15.1 Å². The van der Waals surface area contributed by atoms with Gasteiger partial charge in [-0.05, 0) is 6.42 Å². The Morgan fingerprint density at radius 3 is 2.68 bits per heavy atom. The summed E-state index contributed by atoms with van der Waals surface area (Å²) in [7, 11) is -0.387. The van der Waals surface area contributed by atoms with Gasteiger partial charge in [0, 0.05) is 33.8 Å². The van der Waals surface area contributed by atoms with E-state index in [2.05, 4.69) is 21.2 Å². The Balaban J connectivity index is 2.66. The van der Waals surface area contributed by atoms with Crippen LogP contribution in [0, 0.1) is 0 Å². The maximum absolute atomic E-state index is 12.0. The van der Waals surface area contributed by atoms with Gasteiger partial charge in [-0.15, -0.1) is 4.76 Å². The molecule has 0 aliphatic carbocycles. The summed E-state index contributed by atoms with van der Waals surface area (Å²) in [5, 5.41) is 0. The van der Waals surface area contributed by atoms with Crippen molar-refractivity contribution in [2.75, 3.05) is 33.8 Å². The molecule has 0 aromatic heterocycles. The molecule has 1 atom stereocenters. The van der Waals surface area contributed by atoms with Crippen LogP contribution in [-0.2, 0) is 13.7 Å². The number of unbranched alkanes of at least 4 members (excludes halogenated alkanes) is 3. The van der Waals surface area contributed by atoms with E-state index in [1.165, 1.54) is 26.4 Å². The van der Waals surface area contributed by atoms with Crippen molar-refractivity contribution < 1.29 is 13.7 Å². The highest BCUT2D eigenvalue weighted by Crippen LogP contribution is 2.47. The SMILES string of the molecule is CCCCCCN1CCN(C)C1=NP(=O)(OC)ON. The van der Waals surface area contributed by atoms with Crippen molar-refractivity contribution in [1.29, 1.82) is 0 Å². The van der Waals surface area contributed by atoms with Gasteiger partial charge in [0.25, 0.3) is 0 Å². The zero-order valence-electron chi connectivity index (χ0n) is 12.0. The maximum atomic E-state index is 12.0. The Morgan fingerprint density at radius 1 is 1.37 bits per heavy atom. The fourth-order valence-corrected chi connectivity index (χ4v) is 2.72. The summed E-state index contributed by atoms with van der Waals surface area (Å²) in [5.41, 5.74) is 0. The monoisotopic (exact) mass is 292 g/mol. The average molecular weight is 292 g/mol. The summed E-state index contributed by atoms with van der Waals surface area (Å²) in [5.74, 6) is 5.63. The summed E-state index contributed by atoms with van der Waals surface area (Å²) in [4.78, 5) is 4.03. The number of nitrogens with zero attached hydrogens (tertiary/aromatic N) is 3. The van der Waals surface area contributed by atoms with E-state index < -0.39 is 7.75 Å². The predicted molar refractivity (Wildman–Crippen MR) is 75.7 cm³/mol. The summed E-state index contributed by atoms with van der Waals surface area (Å²) >= 11 is 0. The molecule has 1 aliphatic rings. The molecule has 0 bridgehead atoms. The topological polar surface area (TPSA) is 80.4 Å². The quantitative estimate of drug-likeness (QED) is 0.417. The van der Waals surface area contributed by atoms with Crippen molar-refractivity contribution in [3.05, 3.63) is 0 Å². The van der Waals surface area contributed by atoms with Gasteiger partial charge in [0.2, 0.25) is 5.96 Å². The molecule has 0 saturated carbocycles. The summed E-state index contributed by atoms with van der Waals surface area (Å²) < 4.78 is 25.2. The molecular weight excluding hydrogens is 267 g/mol. The Labute approximate surface area is 115 Å². The lowest BCUT2D eigenvalue weighted by atomic mass is 10.2. The minimum atomic E-state index is -3.57. The van der Waals surface area contributed by atoms with Crippen molar-refractivity contribution in [3.8, 4) is 0 Å². The van der Waals surface area contributed by atoms with Gasteiger partial charge >= 0.3 is 7.75 Å². The number of guanidine groups is 1. The van der Waals surface area contributed by atoms with Crippen molar-refractivity contribution >= 4 is 13.7 Å². The third-order valence-electron chi connectivity index (χ3n) is 3.19. The van der Waals surface area contributed by atoms with Gasteiger partial charge in [0.15, 0.2) is 0 Å². The first-order chi connectivity index (χ1) is 9.06. The zero-order chi connectivity index (χ0) is 14.3. The van der Waals surface area contributed by atoms with E-state index in [9.17, 15) is 4.57 Å². The molecular formula is C11H25N4O3P. The third kappa shape index (κ3) is 4.76. The van der Waals surface area contributed by atoms with Gasteiger partial charge in [-0.1, -0.05) is 26.2 Å². The molecule has 1 rings (SSSR count). The fraction of sp³-hybridized carbons (Fsp3) is 0.909. The molecule has 1 fully saturated rings. The summed E-state index contributed by atoms with van der Waals surface area (Å²) in [6, 6.07) is 0. The average Bonchev–Trinajstić information content (AvgIpc) is 2.76. The third-order valence-corrected chi connectivity index (χ3v) is 4.34. The molecule has 1 heterocycles. The first kappa shape index (κ1) is 16.4. The molecule has 0 aromatic rings. The standard InChI is InChI=1S/C11H25N4O3P/c1-4-5-6-7-8-15-10-9-14(2)11(15)13-19(16,17-3)18-12/h4-10,12H2,1-3H3. The first-order valence-electron chi connectivity index (χ1n) is 6.67. The van der Waals surface area contributed by atoms with Crippen LogP contribution in [0.1, 0.15) is 32.6 Å². The lowest BCUT2D eigenvalue weighted by Crippen LogP contribution is -2.32. The highest BCUT2D eigenvalue weighted by molar-refractivity contribution is 7.52. The van der Waals surface area contributed by atoms with Crippen LogP contribution in [-0.4, -0.2) is 49.6 Å². The van der Waals surface area contributed by atoms with E-state index >= 15 is 0 Å². The summed E-state index contributed by atoms with van der Waals surface area (Å²) in [6.45, 7) is 4.80. The predicted octanol–water partition coefficient (Wildman–Crippen LogP) is 1.81. The molecule has 19 heavy (non-hydrogen) atoms. The highest BCUT2D eigenvalue weighted by Gasteiger charge is 2.29.